The molecule has 2 rings (SSSR count). The van der Waals surface area contributed by atoms with Crippen molar-refractivity contribution in [3.63, 3.8) is 0 Å². The van der Waals surface area contributed by atoms with Crippen LogP contribution in [0.3, 0.4) is 0 Å². The van der Waals surface area contributed by atoms with Gasteiger partial charge in [-0.1, -0.05) is 12.1 Å². The number of benzene rings is 1. The molecule has 2 nitrogen and oxygen atoms in total. The highest BCUT2D eigenvalue weighted by Gasteiger charge is 2.26. The van der Waals surface area contributed by atoms with Crippen LogP contribution in [0.1, 0.15) is 11.5 Å². The zero-order valence-electron chi connectivity index (χ0n) is 7.42. The lowest BCUT2D eigenvalue weighted by Crippen LogP contribution is -2.07. The number of hydrogen-bond donors (Lipinski definition) is 0. The Bertz CT molecular complexity index is 312. The van der Waals surface area contributed by atoms with E-state index in [-0.39, 0.29) is 11.7 Å². The summed E-state index contributed by atoms with van der Waals surface area (Å²) in [6, 6.07) is 4.99. The quantitative estimate of drug-likeness (QED) is 0.696. The summed E-state index contributed by atoms with van der Waals surface area (Å²) in [5.41, 5.74) is 0.918. The number of methoxy groups -OCH3 is 1. The van der Waals surface area contributed by atoms with Crippen LogP contribution in [0.25, 0.3) is 0 Å². The van der Waals surface area contributed by atoms with Gasteiger partial charge in [0.15, 0.2) is 11.6 Å². The summed E-state index contributed by atoms with van der Waals surface area (Å²) in [4.78, 5) is 0. The molecule has 0 spiro atoms. The molecule has 0 saturated carbocycles. The van der Waals surface area contributed by atoms with Crippen molar-refractivity contribution in [1.82, 2.24) is 0 Å². The van der Waals surface area contributed by atoms with Crippen molar-refractivity contribution >= 4 is 0 Å². The smallest absolute Gasteiger partial charge is 0.165 e. The first kappa shape index (κ1) is 8.51. The SMILES string of the molecule is COC[C@H]1COc2c(F)cccc21. The maximum atomic E-state index is 13.1. The van der Waals surface area contributed by atoms with Crippen LogP contribution in [0.5, 0.6) is 5.75 Å². The number of rotatable bonds is 2. The fraction of sp³-hybridized carbons (Fsp3) is 0.400. The second kappa shape index (κ2) is 3.34. The fourth-order valence-electron chi connectivity index (χ4n) is 1.61. The number of halogens is 1. The largest absolute Gasteiger partial charge is 0.489 e. The van der Waals surface area contributed by atoms with Crippen LogP contribution >= 0.6 is 0 Å². The molecule has 13 heavy (non-hydrogen) atoms. The van der Waals surface area contributed by atoms with Crippen molar-refractivity contribution in [2.75, 3.05) is 20.3 Å². The van der Waals surface area contributed by atoms with Gasteiger partial charge in [-0.15, -0.1) is 0 Å². The molecule has 0 N–H and O–H groups in total. The van der Waals surface area contributed by atoms with E-state index in [0.717, 1.165) is 5.56 Å². The molecule has 0 bridgehead atoms. The number of ether oxygens (including phenoxy) is 2. The highest BCUT2D eigenvalue weighted by Crippen LogP contribution is 2.35. The van der Waals surface area contributed by atoms with Gasteiger partial charge in [-0.3, -0.25) is 0 Å². The summed E-state index contributed by atoms with van der Waals surface area (Å²) in [6.45, 7) is 1.10. The third-order valence-electron chi connectivity index (χ3n) is 2.23. The van der Waals surface area contributed by atoms with Crippen molar-refractivity contribution in [1.29, 1.82) is 0 Å². The standard InChI is InChI=1S/C10H11FO2/c1-12-5-7-6-13-10-8(7)3-2-4-9(10)11/h2-4,7H,5-6H2,1H3/t7-/m0/s1. The lowest BCUT2D eigenvalue weighted by molar-refractivity contribution is 0.165. The maximum absolute atomic E-state index is 13.1. The summed E-state index contributed by atoms with van der Waals surface area (Å²) in [6.07, 6.45) is 0. The molecule has 1 aromatic rings. The van der Waals surface area contributed by atoms with Crippen molar-refractivity contribution in [3.05, 3.63) is 29.6 Å². The molecule has 0 radical (unpaired) electrons. The Morgan fingerprint density at radius 3 is 3.23 bits per heavy atom. The lowest BCUT2D eigenvalue weighted by Gasteiger charge is -2.05. The Morgan fingerprint density at radius 2 is 2.46 bits per heavy atom. The molecule has 1 aliphatic heterocycles. The Kier molecular flexibility index (Phi) is 2.19. The van der Waals surface area contributed by atoms with Gasteiger partial charge in [0.2, 0.25) is 0 Å². The van der Waals surface area contributed by atoms with Crippen LogP contribution in [0.15, 0.2) is 18.2 Å². The molecule has 0 aliphatic carbocycles. The van der Waals surface area contributed by atoms with Crippen LogP contribution in [0.4, 0.5) is 4.39 Å². The van der Waals surface area contributed by atoms with Gasteiger partial charge in [-0.25, -0.2) is 4.39 Å². The fourth-order valence-corrected chi connectivity index (χ4v) is 1.61. The highest BCUT2D eigenvalue weighted by atomic mass is 19.1. The number of fused-ring (bicyclic) bond motifs is 1. The van der Waals surface area contributed by atoms with Crippen molar-refractivity contribution < 1.29 is 13.9 Å². The summed E-state index contributed by atoms with van der Waals surface area (Å²) in [5.74, 6) is 0.288. The van der Waals surface area contributed by atoms with Crippen molar-refractivity contribution in [3.8, 4) is 5.75 Å². The van der Waals surface area contributed by atoms with E-state index in [0.29, 0.717) is 19.0 Å². The van der Waals surface area contributed by atoms with E-state index in [2.05, 4.69) is 0 Å². The second-order valence-corrected chi connectivity index (χ2v) is 3.12. The number of hydrogen-bond acceptors (Lipinski definition) is 2. The summed E-state index contributed by atoms with van der Waals surface area (Å²) in [5, 5.41) is 0. The molecule has 1 aliphatic rings. The summed E-state index contributed by atoms with van der Waals surface area (Å²) >= 11 is 0. The third-order valence-corrected chi connectivity index (χ3v) is 2.23. The monoisotopic (exact) mass is 182 g/mol. The molecule has 70 valence electrons. The van der Waals surface area contributed by atoms with Crippen molar-refractivity contribution in [2.45, 2.75) is 5.92 Å². The third kappa shape index (κ3) is 1.40. The van der Waals surface area contributed by atoms with E-state index in [1.165, 1.54) is 6.07 Å². The highest BCUT2D eigenvalue weighted by molar-refractivity contribution is 5.40. The molecule has 1 heterocycles. The van der Waals surface area contributed by atoms with E-state index in [4.69, 9.17) is 9.47 Å². The Labute approximate surface area is 76.3 Å². The van der Waals surface area contributed by atoms with Crippen LogP contribution in [0, 0.1) is 5.82 Å². The molecule has 0 aromatic heterocycles. The minimum atomic E-state index is -0.281. The zero-order chi connectivity index (χ0) is 9.26. The Hall–Kier alpha value is -1.09. The topological polar surface area (TPSA) is 18.5 Å². The van der Waals surface area contributed by atoms with Gasteiger partial charge in [-0.05, 0) is 6.07 Å². The molecule has 0 amide bonds. The molecule has 0 unspecified atom stereocenters. The predicted octanol–water partition coefficient (Wildman–Crippen LogP) is 1.95. The van der Waals surface area contributed by atoms with Crippen LogP contribution in [-0.4, -0.2) is 20.3 Å². The summed E-state index contributed by atoms with van der Waals surface area (Å²) < 4.78 is 23.4. The molecule has 1 aromatic carbocycles. The molecular weight excluding hydrogens is 171 g/mol. The normalized spacial score (nSPS) is 19.7. The minimum Gasteiger partial charge on any atom is -0.489 e. The van der Waals surface area contributed by atoms with Crippen molar-refractivity contribution in [2.24, 2.45) is 0 Å². The maximum Gasteiger partial charge on any atom is 0.165 e. The first-order valence-corrected chi connectivity index (χ1v) is 4.23. The van der Waals surface area contributed by atoms with Gasteiger partial charge in [0.1, 0.15) is 0 Å². The Balaban J connectivity index is 2.32. The van der Waals surface area contributed by atoms with Gasteiger partial charge in [-0.2, -0.15) is 0 Å². The summed E-state index contributed by atoms with van der Waals surface area (Å²) in [7, 11) is 1.64. The van der Waals surface area contributed by atoms with E-state index in [9.17, 15) is 4.39 Å². The first-order chi connectivity index (χ1) is 6.33. The molecule has 0 fully saturated rings. The van der Waals surface area contributed by atoms with Gasteiger partial charge < -0.3 is 9.47 Å². The Morgan fingerprint density at radius 1 is 1.62 bits per heavy atom. The van der Waals surface area contributed by atoms with Gasteiger partial charge in [0.25, 0.3) is 0 Å². The minimum absolute atomic E-state index is 0.177. The lowest BCUT2D eigenvalue weighted by atomic mass is 10.0. The average molecular weight is 182 g/mol. The molecular formula is C10H11FO2. The molecule has 1 atom stereocenters. The first-order valence-electron chi connectivity index (χ1n) is 4.23. The molecule has 3 heteroatoms. The zero-order valence-corrected chi connectivity index (χ0v) is 7.42. The van der Waals surface area contributed by atoms with Crippen LogP contribution < -0.4 is 4.74 Å². The van der Waals surface area contributed by atoms with E-state index >= 15 is 0 Å². The van der Waals surface area contributed by atoms with Crippen LogP contribution in [0.2, 0.25) is 0 Å². The number of para-hydroxylation sites is 1. The van der Waals surface area contributed by atoms with Crippen LogP contribution in [-0.2, 0) is 4.74 Å². The molecule has 0 saturated heterocycles. The van der Waals surface area contributed by atoms with E-state index < -0.39 is 0 Å². The van der Waals surface area contributed by atoms with E-state index in [1.807, 2.05) is 6.07 Å². The second-order valence-electron chi connectivity index (χ2n) is 3.12. The predicted molar refractivity (Wildman–Crippen MR) is 46.5 cm³/mol. The average Bonchev–Trinajstić information content (AvgIpc) is 2.51. The van der Waals surface area contributed by atoms with E-state index in [1.54, 1.807) is 13.2 Å². The van der Waals surface area contributed by atoms with Gasteiger partial charge >= 0.3 is 0 Å². The van der Waals surface area contributed by atoms with Gasteiger partial charge in [0.05, 0.1) is 13.2 Å². The van der Waals surface area contributed by atoms with Gasteiger partial charge in [0, 0.05) is 18.6 Å².